The number of halogens is 2. The Labute approximate surface area is 154 Å². The zero-order chi connectivity index (χ0) is 19.0. The van der Waals surface area contributed by atoms with Crippen molar-refractivity contribution < 1.29 is 21.7 Å². The molecule has 0 radical (unpaired) electrons. The number of nitrogens with zero attached hydrogens (tertiary/aromatic N) is 3. The van der Waals surface area contributed by atoms with Gasteiger partial charge in [0.15, 0.2) is 10.7 Å². The first-order valence-corrected chi connectivity index (χ1v) is 9.70. The SMILES string of the molecule is O=S(=O)(c1c(F)cccc1F)N1CC(c2nc(Cc3ccccc3)no2)C1. The fourth-order valence-corrected chi connectivity index (χ4v) is 4.57. The number of aromatic nitrogens is 2. The van der Waals surface area contributed by atoms with E-state index in [1.807, 2.05) is 30.3 Å². The lowest BCUT2D eigenvalue weighted by molar-refractivity contribution is 0.215. The minimum Gasteiger partial charge on any atom is -0.339 e. The molecule has 1 saturated heterocycles. The molecule has 0 bridgehead atoms. The molecule has 1 aromatic heterocycles. The van der Waals surface area contributed by atoms with Gasteiger partial charge in [-0.05, 0) is 17.7 Å². The summed E-state index contributed by atoms with van der Waals surface area (Å²) in [6.45, 7) is 0.0617. The lowest BCUT2D eigenvalue weighted by atomic mass is 10.0. The molecule has 0 spiro atoms. The number of hydrogen-bond donors (Lipinski definition) is 0. The molecule has 0 N–H and O–H groups in total. The van der Waals surface area contributed by atoms with Crippen LogP contribution >= 0.6 is 0 Å². The van der Waals surface area contributed by atoms with E-state index in [0.717, 1.165) is 28.1 Å². The summed E-state index contributed by atoms with van der Waals surface area (Å²) in [6, 6.07) is 12.6. The van der Waals surface area contributed by atoms with E-state index < -0.39 is 26.6 Å². The van der Waals surface area contributed by atoms with Crippen molar-refractivity contribution in [1.29, 1.82) is 0 Å². The van der Waals surface area contributed by atoms with Gasteiger partial charge in [0.1, 0.15) is 11.6 Å². The Morgan fingerprint density at radius 2 is 1.70 bits per heavy atom. The molecule has 1 aliphatic rings. The van der Waals surface area contributed by atoms with Gasteiger partial charge in [0.25, 0.3) is 0 Å². The molecule has 27 heavy (non-hydrogen) atoms. The highest BCUT2D eigenvalue weighted by molar-refractivity contribution is 7.89. The van der Waals surface area contributed by atoms with Crippen LogP contribution in [-0.2, 0) is 16.4 Å². The predicted octanol–water partition coefficient (Wildman–Crippen LogP) is 2.73. The van der Waals surface area contributed by atoms with E-state index in [4.69, 9.17) is 4.52 Å². The zero-order valence-electron chi connectivity index (χ0n) is 14.0. The molecule has 2 aromatic carbocycles. The summed E-state index contributed by atoms with van der Waals surface area (Å²) in [5.41, 5.74) is 1.03. The standard InChI is InChI=1S/C18H15F2N3O3S/c19-14-7-4-8-15(20)17(14)27(24,25)23-10-13(11-23)18-21-16(22-26-18)9-12-5-2-1-3-6-12/h1-8,13H,9-11H2. The van der Waals surface area contributed by atoms with Gasteiger partial charge in [0.05, 0.1) is 5.92 Å². The molecule has 0 atom stereocenters. The van der Waals surface area contributed by atoms with Gasteiger partial charge in [-0.15, -0.1) is 0 Å². The Kier molecular flexibility index (Phi) is 4.48. The van der Waals surface area contributed by atoms with Crippen molar-refractivity contribution in [2.24, 2.45) is 0 Å². The fourth-order valence-electron chi connectivity index (χ4n) is 2.93. The second kappa shape index (κ2) is 6.82. The Morgan fingerprint density at radius 3 is 2.37 bits per heavy atom. The molecule has 0 aliphatic carbocycles. The average molecular weight is 391 g/mol. The Hall–Kier alpha value is -2.65. The summed E-state index contributed by atoms with van der Waals surface area (Å²) >= 11 is 0. The molecular formula is C18H15F2N3O3S. The first kappa shape index (κ1) is 17.7. The minimum absolute atomic E-state index is 0.0308. The van der Waals surface area contributed by atoms with E-state index in [-0.39, 0.29) is 19.0 Å². The van der Waals surface area contributed by atoms with Crippen LogP contribution in [0.2, 0.25) is 0 Å². The first-order valence-electron chi connectivity index (χ1n) is 8.25. The van der Waals surface area contributed by atoms with E-state index in [1.165, 1.54) is 0 Å². The highest BCUT2D eigenvalue weighted by Crippen LogP contribution is 2.33. The van der Waals surface area contributed by atoms with Crippen LogP contribution in [0.5, 0.6) is 0 Å². The van der Waals surface area contributed by atoms with Crippen LogP contribution in [0.15, 0.2) is 57.9 Å². The van der Waals surface area contributed by atoms with Crippen LogP contribution in [0.25, 0.3) is 0 Å². The maximum atomic E-state index is 13.8. The molecular weight excluding hydrogens is 376 g/mol. The second-order valence-electron chi connectivity index (χ2n) is 6.28. The van der Waals surface area contributed by atoms with Crippen molar-refractivity contribution in [3.8, 4) is 0 Å². The predicted molar refractivity (Wildman–Crippen MR) is 91.4 cm³/mol. The average Bonchev–Trinajstić information content (AvgIpc) is 3.01. The molecule has 3 aromatic rings. The summed E-state index contributed by atoms with van der Waals surface area (Å²) in [5.74, 6) is -1.70. The molecule has 6 nitrogen and oxygen atoms in total. The largest absolute Gasteiger partial charge is 0.339 e. The smallest absolute Gasteiger partial charge is 0.248 e. The first-order chi connectivity index (χ1) is 12.9. The van der Waals surface area contributed by atoms with E-state index in [1.54, 1.807) is 0 Å². The van der Waals surface area contributed by atoms with Gasteiger partial charge < -0.3 is 4.52 Å². The second-order valence-corrected chi connectivity index (χ2v) is 8.16. The Balaban J connectivity index is 1.45. The number of sulfonamides is 1. The highest BCUT2D eigenvalue weighted by Gasteiger charge is 2.42. The van der Waals surface area contributed by atoms with Gasteiger partial charge in [-0.3, -0.25) is 0 Å². The third kappa shape index (κ3) is 3.35. The monoisotopic (exact) mass is 391 g/mol. The van der Waals surface area contributed by atoms with Crippen LogP contribution in [0.1, 0.15) is 23.2 Å². The van der Waals surface area contributed by atoms with E-state index in [9.17, 15) is 17.2 Å². The third-order valence-corrected chi connectivity index (χ3v) is 6.29. The lowest BCUT2D eigenvalue weighted by Gasteiger charge is -2.35. The molecule has 9 heteroatoms. The summed E-state index contributed by atoms with van der Waals surface area (Å²) < 4.78 is 58.8. The quantitative estimate of drug-likeness (QED) is 0.668. The van der Waals surface area contributed by atoms with Gasteiger partial charge in [-0.25, -0.2) is 17.2 Å². The Morgan fingerprint density at radius 1 is 1.04 bits per heavy atom. The van der Waals surface area contributed by atoms with Crippen LogP contribution < -0.4 is 0 Å². The van der Waals surface area contributed by atoms with Crippen molar-refractivity contribution >= 4 is 10.0 Å². The third-order valence-electron chi connectivity index (χ3n) is 4.40. The van der Waals surface area contributed by atoms with Crippen molar-refractivity contribution in [3.63, 3.8) is 0 Å². The van der Waals surface area contributed by atoms with E-state index >= 15 is 0 Å². The molecule has 0 amide bonds. The van der Waals surface area contributed by atoms with Gasteiger partial charge in [-0.2, -0.15) is 9.29 Å². The summed E-state index contributed by atoms with van der Waals surface area (Å²) in [5, 5.41) is 3.91. The molecule has 0 unspecified atom stereocenters. The van der Waals surface area contributed by atoms with Crippen LogP contribution in [-0.4, -0.2) is 36.0 Å². The van der Waals surface area contributed by atoms with E-state index in [2.05, 4.69) is 10.1 Å². The van der Waals surface area contributed by atoms with E-state index in [0.29, 0.717) is 18.1 Å². The van der Waals surface area contributed by atoms with Gasteiger partial charge in [0, 0.05) is 19.5 Å². The summed E-state index contributed by atoms with van der Waals surface area (Å²) in [4.78, 5) is 3.37. The Bertz CT molecular complexity index is 1040. The summed E-state index contributed by atoms with van der Waals surface area (Å²) in [7, 11) is -4.25. The number of hydrogen-bond acceptors (Lipinski definition) is 5. The van der Waals surface area contributed by atoms with Gasteiger partial charge in [0.2, 0.25) is 15.9 Å². The van der Waals surface area contributed by atoms with Gasteiger partial charge >= 0.3 is 0 Å². The summed E-state index contributed by atoms with van der Waals surface area (Å²) in [6.07, 6.45) is 0.500. The number of rotatable bonds is 5. The number of benzene rings is 2. The maximum absolute atomic E-state index is 13.8. The van der Waals surface area contributed by atoms with Crippen molar-refractivity contribution in [2.75, 3.05) is 13.1 Å². The van der Waals surface area contributed by atoms with Crippen LogP contribution in [0.4, 0.5) is 8.78 Å². The van der Waals surface area contributed by atoms with Gasteiger partial charge in [-0.1, -0.05) is 41.6 Å². The molecule has 1 aliphatic heterocycles. The lowest BCUT2D eigenvalue weighted by Crippen LogP contribution is -2.48. The highest BCUT2D eigenvalue weighted by atomic mass is 32.2. The molecule has 0 saturated carbocycles. The topological polar surface area (TPSA) is 76.3 Å². The van der Waals surface area contributed by atoms with Crippen molar-refractivity contribution in [3.05, 3.63) is 77.4 Å². The van der Waals surface area contributed by atoms with Crippen molar-refractivity contribution in [1.82, 2.24) is 14.4 Å². The maximum Gasteiger partial charge on any atom is 0.248 e. The minimum atomic E-state index is -4.25. The normalized spacial score (nSPS) is 15.6. The van der Waals surface area contributed by atoms with Crippen LogP contribution in [0, 0.1) is 11.6 Å². The zero-order valence-corrected chi connectivity index (χ0v) is 14.9. The molecule has 4 rings (SSSR count). The molecule has 2 heterocycles. The molecule has 1 fully saturated rings. The molecule has 140 valence electrons. The van der Waals surface area contributed by atoms with Crippen LogP contribution in [0.3, 0.4) is 0 Å². The fraction of sp³-hybridized carbons (Fsp3) is 0.222. The van der Waals surface area contributed by atoms with Crippen molar-refractivity contribution in [2.45, 2.75) is 17.2 Å².